The van der Waals surface area contributed by atoms with Crippen LogP contribution in [0.2, 0.25) is 3.17 Å². The van der Waals surface area contributed by atoms with Gasteiger partial charge in [0.1, 0.15) is 0 Å². The molecule has 0 aliphatic heterocycles. The van der Waals surface area contributed by atoms with Gasteiger partial charge in [-0.15, -0.1) is 24.0 Å². The van der Waals surface area contributed by atoms with Crippen LogP contribution in [0, 0.1) is 0 Å². The van der Waals surface area contributed by atoms with Crippen LogP contribution in [0.25, 0.3) is 0 Å². The minimum atomic E-state index is 0. The van der Waals surface area contributed by atoms with Gasteiger partial charge in [0.05, 0.1) is 0 Å². The van der Waals surface area contributed by atoms with Crippen LogP contribution in [0.15, 0.2) is 0 Å². The molecular formula is C3H8INa. The van der Waals surface area contributed by atoms with Crippen molar-refractivity contribution in [2.45, 2.75) is 17.0 Å². The summed E-state index contributed by atoms with van der Waals surface area (Å²) in [7, 11) is 0. The van der Waals surface area contributed by atoms with Gasteiger partial charge in [-0.1, -0.05) is 0 Å². The van der Waals surface area contributed by atoms with E-state index in [-0.39, 0.29) is 24.0 Å². The molecule has 0 spiro atoms. The Morgan fingerprint density at radius 1 is 1.40 bits per heavy atom. The molecule has 0 unspecified atom stereocenters. The number of hydrogen-bond donors (Lipinski definition) is 0. The van der Waals surface area contributed by atoms with Crippen LogP contribution in [0.1, 0.15) is 13.8 Å². The quantitative estimate of drug-likeness (QED) is 0.405. The summed E-state index contributed by atoms with van der Waals surface area (Å²) in [4.78, 5) is 0. The largest absolute Gasteiger partial charge is 0.107 e. The normalized spacial score (nSPS) is 7.40. The van der Waals surface area contributed by atoms with Crippen molar-refractivity contribution in [3.8, 4) is 0 Å². The van der Waals surface area contributed by atoms with E-state index in [0.717, 1.165) is 3.17 Å². The first-order valence-corrected chi connectivity index (χ1v) is 2.89. The van der Waals surface area contributed by atoms with E-state index in [1.165, 1.54) is 27.9 Å². The van der Waals surface area contributed by atoms with E-state index in [2.05, 4.69) is 13.8 Å². The van der Waals surface area contributed by atoms with Gasteiger partial charge in [-0.2, -0.15) is 0 Å². The fourth-order valence-corrected chi connectivity index (χ4v) is 0. The van der Waals surface area contributed by atoms with E-state index in [1.54, 1.807) is 0 Å². The van der Waals surface area contributed by atoms with Gasteiger partial charge in [-0.05, 0) is 0 Å². The van der Waals surface area contributed by atoms with Crippen LogP contribution in [0.4, 0.5) is 0 Å². The maximum atomic E-state index is 2.23. The van der Waals surface area contributed by atoms with E-state index in [0.29, 0.717) is 0 Å². The van der Waals surface area contributed by atoms with Crippen LogP contribution < -0.4 is 0 Å². The van der Waals surface area contributed by atoms with E-state index in [1.807, 2.05) is 0 Å². The van der Waals surface area contributed by atoms with Crippen LogP contribution in [0.3, 0.4) is 0 Å². The average molecular weight is 194 g/mol. The predicted octanol–water partition coefficient (Wildman–Crippen LogP) is 1.60. The predicted molar refractivity (Wildman–Crippen MR) is 36.3 cm³/mol. The number of halogens is 1. The van der Waals surface area contributed by atoms with E-state index in [4.69, 9.17) is 0 Å². The van der Waals surface area contributed by atoms with Crippen molar-refractivity contribution < 1.29 is 0 Å². The maximum absolute atomic E-state index is 2.23. The van der Waals surface area contributed by atoms with Crippen LogP contribution in [-0.4, -0.2) is 27.9 Å². The van der Waals surface area contributed by atoms with Crippen molar-refractivity contribution in [1.82, 2.24) is 0 Å². The Labute approximate surface area is 68.1 Å². The molecule has 0 amide bonds. The fraction of sp³-hybridized carbons (Fsp3) is 1.00. The molecule has 0 fully saturated rings. The second-order valence-electron chi connectivity index (χ2n) is 1.73. The van der Waals surface area contributed by atoms with Gasteiger partial charge in [0.15, 0.2) is 0 Å². The second-order valence-corrected chi connectivity index (χ2v) is 4.04. The Morgan fingerprint density at radius 3 is 1.40 bits per heavy atom. The molecule has 0 rings (SSSR count). The molecule has 0 aliphatic rings. The zero-order chi connectivity index (χ0) is 3.58. The topological polar surface area (TPSA) is 0 Å². The maximum Gasteiger partial charge on any atom is -0.107 e. The molecule has 0 aromatic heterocycles. The molecule has 0 aliphatic carbocycles. The molecule has 2 heteroatoms. The summed E-state index contributed by atoms with van der Waals surface area (Å²) >= 11 is 1.35. The van der Waals surface area contributed by atoms with Gasteiger partial charge < -0.3 is 0 Å². The van der Waals surface area contributed by atoms with Crippen LogP contribution in [-0.2, 0) is 0 Å². The van der Waals surface area contributed by atoms with Crippen LogP contribution in [0.5, 0.6) is 0 Å². The number of hydrogen-bond acceptors (Lipinski definition) is 0. The molecule has 28 valence electrons. The van der Waals surface area contributed by atoms with Gasteiger partial charge in [0, 0.05) is 0 Å². The molecule has 5 heavy (non-hydrogen) atoms. The van der Waals surface area contributed by atoms with Gasteiger partial charge >= 0.3 is 44.9 Å². The van der Waals surface area contributed by atoms with Gasteiger partial charge in [0.2, 0.25) is 0 Å². The molecule has 0 atom stereocenters. The third kappa shape index (κ3) is 26.6. The van der Waals surface area contributed by atoms with Gasteiger partial charge in [-0.3, -0.25) is 0 Å². The minimum absolute atomic E-state index is 0. The van der Waals surface area contributed by atoms with E-state index < -0.39 is 0 Å². The van der Waals surface area contributed by atoms with Crippen molar-refractivity contribution in [3.63, 3.8) is 0 Å². The first-order valence-electron chi connectivity index (χ1n) is 1.73. The first-order chi connectivity index (χ1) is 1.73. The Morgan fingerprint density at radius 2 is 1.40 bits per heavy atom. The Kier molecular flexibility index (Phi) is 11.3. The standard InChI is InChI=1S/C3H7.HI.Na/c1-3-2;;/h3H,1-2H3;1H;. The summed E-state index contributed by atoms with van der Waals surface area (Å²) in [6, 6.07) is 0. The molecule has 0 nitrogen and oxygen atoms in total. The fourth-order valence-electron chi connectivity index (χ4n) is 0. The minimum Gasteiger partial charge on any atom is -0.107 e. The molecule has 0 N–H and O–H groups in total. The third-order valence-electron chi connectivity index (χ3n) is 0. The molecular weight excluding hydrogens is 186 g/mol. The van der Waals surface area contributed by atoms with E-state index in [9.17, 15) is 0 Å². The second kappa shape index (κ2) is 5.73. The van der Waals surface area contributed by atoms with Crippen molar-refractivity contribution in [1.29, 1.82) is 0 Å². The summed E-state index contributed by atoms with van der Waals surface area (Å²) in [5.41, 5.74) is 0. The molecule has 0 aromatic carbocycles. The zero-order valence-electron chi connectivity index (χ0n) is 3.99. The zero-order valence-corrected chi connectivity index (χ0v) is 8.32. The van der Waals surface area contributed by atoms with Crippen molar-refractivity contribution >= 4 is 51.9 Å². The van der Waals surface area contributed by atoms with Crippen molar-refractivity contribution in [3.05, 3.63) is 0 Å². The summed E-state index contributed by atoms with van der Waals surface area (Å²) in [6.45, 7) is 4.46. The van der Waals surface area contributed by atoms with E-state index >= 15 is 0 Å². The van der Waals surface area contributed by atoms with Crippen molar-refractivity contribution in [2.75, 3.05) is 0 Å². The SMILES string of the molecule is C[CH](C)[Na].I. The summed E-state index contributed by atoms with van der Waals surface area (Å²) in [5.74, 6) is 0. The average Bonchev–Trinajstić information content (AvgIpc) is 0.811. The number of rotatable bonds is 0. The molecule has 0 bridgehead atoms. The smallest absolute Gasteiger partial charge is 0.107 e. The van der Waals surface area contributed by atoms with Gasteiger partial charge in [0.25, 0.3) is 0 Å². The molecule has 0 saturated carbocycles. The van der Waals surface area contributed by atoms with Crippen LogP contribution >= 0.6 is 24.0 Å². The first kappa shape index (κ1) is 9.88. The summed E-state index contributed by atoms with van der Waals surface area (Å²) in [5, 5.41) is 0. The monoisotopic (exact) mass is 194 g/mol. The molecule has 0 saturated heterocycles. The third-order valence-corrected chi connectivity index (χ3v) is 0. The molecule has 0 heterocycles. The Bertz CT molecular complexity index is 11.6. The summed E-state index contributed by atoms with van der Waals surface area (Å²) in [6.07, 6.45) is 0. The molecule has 0 radical (unpaired) electrons. The molecule has 0 aromatic rings. The van der Waals surface area contributed by atoms with Gasteiger partial charge in [-0.25, -0.2) is 0 Å². The Hall–Kier alpha value is 1.73. The van der Waals surface area contributed by atoms with Crippen molar-refractivity contribution in [2.24, 2.45) is 0 Å². The summed E-state index contributed by atoms with van der Waals surface area (Å²) < 4.78 is 0.972. The Balaban J connectivity index is 0.